The molecule has 0 rings (SSSR count). The number of aliphatic hydroxyl groups excluding tert-OH is 2. The molecule has 0 saturated heterocycles. The zero-order valence-electron chi connectivity index (χ0n) is 32.6. The summed E-state index contributed by atoms with van der Waals surface area (Å²) < 4.78 is 0. The summed E-state index contributed by atoms with van der Waals surface area (Å²) in [4.78, 5) is 12.3. The van der Waals surface area contributed by atoms with Gasteiger partial charge in [0, 0.05) is 6.42 Å². The molecule has 4 heteroatoms. The van der Waals surface area contributed by atoms with Crippen molar-refractivity contribution in [2.45, 2.75) is 193 Å². The molecular formula is C46H79NO3. The first-order valence-corrected chi connectivity index (χ1v) is 20.8. The summed E-state index contributed by atoms with van der Waals surface area (Å²) in [6, 6.07) is -0.646. The molecule has 4 nitrogen and oxygen atoms in total. The van der Waals surface area contributed by atoms with Crippen LogP contribution in [-0.4, -0.2) is 34.9 Å². The largest absolute Gasteiger partial charge is 0.394 e. The van der Waals surface area contributed by atoms with Crippen LogP contribution in [0.4, 0.5) is 0 Å². The summed E-state index contributed by atoms with van der Waals surface area (Å²) >= 11 is 0. The van der Waals surface area contributed by atoms with Gasteiger partial charge in [-0.3, -0.25) is 4.79 Å². The molecular weight excluding hydrogens is 615 g/mol. The van der Waals surface area contributed by atoms with Gasteiger partial charge in [-0.15, -0.1) is 0 Å². The minimum absolute atomic E-state index is 0.0849. The predicted molar refractivity (Wildman–Crippen MR) is 220 cm³/mol. The Labute approximate surface area is 310 Å². The van der Waals surface area contributed by atoms with Crippen molar-refractivity contribution < 1.29 is 15.0 Å². The molecule has 0 saturated carbocycles. The fourth-order valence-corrected chi connectivity index (χ4v) is 5.80. The number of nitrogens with one attached hydrogen (secondary N) is 1. The Hall–Kier alpha value is -2.43. The van der Waals surface area contributed by atoms with Crippen molar-refractivity contribution in [2.24, 2.45) is 0 Å². The molecule has 0 spiro atoms. The Morgan fingerprint density at radius 3 is 1.40 bits per heavy atom. The molecule has 0 aliphatic heterocycles. The second kappa shape index (κ2) is 41.0. The summed E-state index contributed by atoms with van der Waals surface area (Å²) in [5.41, 5.74) is 0. The molecule has 2 unspecified atom stereocenters. The van der Waals surface area contributed by atoms with E-state index in [0.717, 1.165) is 64.2 Å². The van der Waals surface area contributed by atoms with Gasteiger partial charge in [0.15, 0.2) is 0 Å². The zero-order valence-corrected chi connectivity index (χ0v) is 32.6. The van der Waals surface area contributed by atoms with Crippen LogP contribution in [0.5, 0.6) is 0 Å². The summed E-state index contributed by atoms with van der Waals surface area (Å²) in [6.45, 7) is 3.94. The highest BCUT2D eigenvalue weighted by Gasteiger charge is 2.17. The Balaban J connectivity index is 3.51. The number of hydrogen-bond acceptors (Lipinski definition) is 3. The van der Waals surface area contributed by atoms with E-state index in [1.165, 1.54) is 96.3 Å². The first-order chi connectivity index (χ1) is 24.7. The molecule has 1 amide bonds. The molecule has 0 aliphatic carbocycles. The lowest BCUT2D eigenvalue weighted by Crippen LogP contribution is -2.45. The molecule has 0 fully saturated rings. The van der Waals surface area contributed by atoms with Crippen LogP contribution < -0.4 is 5.32 Å². The van der Waals surface area contributed by atoms with Crippen LogP contribution in [0.1, 0.15) is 181 Å². The van der Waals surface area contributed by atoms with E-state index in [1.807, 2.05) is 13.0 Å². The fourth-order valence-electron chi connectivity index (χ4n) is 5.80. The summed E-state index contributed by atoms with van der Waals surface area (Å²) in [6.07, 6.45) is 60.0. The van der Waals surface area contributed by atoms with Crippen molar-refractivity contribution in [3.05, 3.63) is 85.1 Å². The molecule has 0 bridgehead atoms. The predicted octanol–water partition coefficient (Wildman–Crippen LogP) is 12.9. The highest BCUT2D eigenvalue weighted by molar-refractivity contribution is 5.76. The maximum Gasteiger partial charge on any atom is 0.220 e. The summed E-state index contributed by atoms with van der Waals surface area (Å²) in [5, 5.41) is 22.8. The van der Waals surface area contributed by atoms with Gasteiger partial charge in [-0.05, 0) is 77.6 Å². The molecule has 0 heterocycles. The SMILES string of the molecule is C/C=C/CC/C=C/CC/C=C/C(O)C(CO)NC(=O)CCCCCCCCCCCCCCCCCC/C=C\C/C=C\C/C=C\C/C=C\CC. The van der Waals surface area contributed by atoms with Gasteiger partial charge in [0.25, 0.3) is 0 Å². The van der Waals surface area contributed by atoms with Crippen LogP contribution in [0, 0.1) is 0 Å². The number of unbranched alkanes of at least 4 members (excludes halogenated alkanes) is 18. The summed E-state index contributed by atoms with van der Waals surface area (Å²) in [7, 11) is 0. The highest BCUT2D eigenvalue weighted by Crippen LogP contribution is 2.15. The number of rotatable bonds is 36. The van der Waals surface area contributed by atoms with Crippen LogP contribution in [0.15, 0.2) is 85.1 Å². The van der Waals surface area contributed by atoms with Crippen molar-refractivity contribution in [1.82, 2.24) is 5.32 Å². The van der Waals surface area contributed by atoms with Gasteiger partial charge in [0.2, 0.25) is 5.91 Å². The molecule has 0 radical (unpaired) electrons. The van der Waals surface area contributed by atoms with Crippen molar-refractivity contribution in [2.75, 3.05) is 6.61 Å². The average molecular weight is 694 g/mol. The van der Waals surface area contributed by atoms with Gasteiger partial charge in [-0.2, -0.15) is 0 Å². The molecule has 0 aromatic carbocycles. The third-order valence-electron chi connectivity index (χ3n) is 8.93. The number of hydrogen-bond donors (Lipinski definition) is 3. The van der Waals surface area contributed by atoms with E-state index in [-0.39, 0.29) is 12.5 Å². The topological polar surface area (TPSA) is 69.6 Å². The molecule has 0 aliphatic rings. The lowest BCUT2D eigenvalue weighted by Gasteiger charge is -2.19. The van der Waals surface area contributed by atoms with E-state index < -0.39 is 12.1 Å². The molecule has 3 N–H and O–H groups in total. The second-order valence-electron chi connectivity index (χ2n) is 13.7. The molecule has 286 valence electrons. The lowest BCUT2D eigenvalue weighted by atomic mass is 10.0. The smallest absolute Gasteiger partial charge is 0.220 e. The monoisotopic (exact) mass is 694 g/mol. The number of allylic oxidation sites excluding steroid dienone is 13. The minimum Gasteiger partial charge on any atom is -0.394 e. The Morgan fingerprint density at radius 2 is 0.920 bits per heavy atom. The maximum atomic E-state index is 12.3. The van der Waals surface area contributed by atoms with Crippen LogP contribution in [0.25, 0.3) is 0 Å². The number of aliphatic hydroxyl groups is 2. The van der Waals surface area contributed by atoms with Crippen molar-refractivity contribution in [1.29, 1.82) is 0 Å². The van der Waals surface area contributed by atoms with E-state index in [4.69, 9.17) is 0 Å². The number of carbonyl (C=O) groups excluding carboxylic acids is 1. The Morgan fingerprint density at radius 1 is 0.520 bits per heavy atom. The fraction of sp³-hybridized carbons (Fsp3) is 0.674. The molecule has 2 atom stereocenters. The van der Waals surface area contributed by atoms with E-state index in [2.05, 4.69) is 85.2 Å². The lowest BCUT2D eigenvalue weighted by molar-refractivity contribution is -0.123. The first kappa shape index (κ1) is 47.6. The van der Waals surface area contributed by atoms with Gasteiger partial charge < -0.3 is 15.5 Å². The normalized spacial score (nSPS) is 13.9. The van der Waals surface area contributed by atoms with Crippen molar-refractivity contribution in [3.8, 4) is 0 Å². The standard InChI is InChI=1S/C46H79NO3/c1-3-5-7-9-11-13-14-15-16-17-18-19-20-21-22-23-24-25-26-27-28-29-30-31-32-34-36-38-40-42-46(50)47-44(43-48)45(49)41-39-37-35-33-12-10-8-6-4-2/h4-7,11-13,15-16,18-19,33,39,41,44-45,48-49H,3,8-10,14,17,20-32,34-38,40,42-43H2,1-2H3,(H,47,50)/b6-4+,7-5-,13-11-,16-15-,19-18-,33-12+,41-39+. The van der Waals surface area contributed by atoms with Gasteiger partial charge in [0.1, 0.15) is 0 Å². The van der Waals surface area contributed by atoms with E-state index in [9.17, 15) is 15.0 Å². The number of carbonyl (C=O) groups is 1. The third kappa shape index (κ3) is 36.8. The second-order valence-corrected chi connectivity index (χ2v) is 13.7. The van der Waals surface area contributed by atoms with Gasteiger partial charge in [-0.1, -0.05) is 182 Å². The van der Waals surface area contributed by atoms with E-state index in [0.29, 0.717) is 6.42 Å². The van der Waals surface area contributed by atoms with Crippen molar-refractivity contribution in [3.63, 3.8) is 0 Å². The van der Waals surface area contributed by atoms with Crippen molar-refractivity contribution >= 4 is 5.91 Å². The van der Waals surface area contributed by atoms with E-state index in [1.54, 1.807) is 6.08 Å². The quantitative estimate of drug-likeness (QED) is 0.0452. The third-order valence-corrected chi connectivity index (χ3v) is 8.93. The summed E-state index contributed by atoms with van der Waals surface area (Å²) in [5.74, 6) is -0.0849. The van der Waals surface area contributed by atoms with Gasteiger partial charge >= 0.3 is 0 Å². The van der Waals surface area contributed by atoms with Gasteiger partial charge in [-0.25, -0.2) is 0 Å². The zero-order chi connectivity index (χ0) is 36.4. The molecule has 50 heavy (non-hydrogen) atoms. The van der Waals surface area contributed by atoms with Crippen LogP contribution in [0.3, 0.4) is 0 Å². The highest BCUT2D eigenvalue weighted by atomic mass is 16.3. The Bertz CT molecular complexity index is 926. The maximum absolute atomic E-state index is 12.3. The molecule has 0 aromatic rings. The average Bonchev–Trinajstić information content (AvgIpc) is 3.12. The molecule has 0 aromatic heterocycles. The van der Waals surface area contributed by atoms with Crippen LogP contribution >= 0.6 is 0 Å². The van der Waals surface area contributed by atoms with Crippen LogP contribution in [0.2, 0.25) is 0 Å². The van der Waals surface area contributed by atoms with E-state index >= 15 is 0 Å². The minimum atomic E-state index is -0.870. The van der Waals surface area contributed by atoms with Crippen LogP contribution in [-0.2, 0) is 4.79 Å². The first-order valence-electron chi connectivity index (χ1n) is 20.8. The van der Waals surface area contributed by atoms with Gasteiger partial charge in [0.05, 0.1) is 18.8 Å². The Kier molecular flexibility index (Phi) is 39.0. The number of amides is 1.